The molecule has 0 aliphatic carbocycles. The van der Waals surface area contributed by atoms with Gasteiger partial charge in [0.2, 0.25) is 5.91 Å². The quantitative estimate of drug-likeness (QED) is 0.771. The van der Waals surface area contributed by atoms with Gasteiger partial charge in [0, 0.05) is 11.1 Å². The lowest BCUT2D eigenvalue weighted by molar-refractivity contribution is -0.122. The van der Waals surface area contributed by atoms with Crippen molar-refractivity contribution >= 4 is 5.91 Å². The molecule has 3 heteroatoms. The predicted molar refractivity (Wildman–Crippen MR) is 89.4 cm³/mol. The molecule has 0 spiro atoms. The molecule has 0 aliphatic rings. The van der Waals surface area contributed by atoms with Crippen LogP contribution in [0.3, 0.4) is 0 Å². The SMILES string of the molecule is CCC(C)(C)NC(=O)CNC(C)(C)CCc1ccccc1. The summed E-state index contributed by atoms with van der Waals surface area (Å²) < 4.78 is 0. The molecule has 118 valence electrons. The van der Waals surface area contributed by atoms with E-state index in [0.717, 1.165) is 19.3 Å². The Morgan fingerprint density at radius 3 is 2.24 bits per heavy atom. The van der Waals surface area contributed by atoms with Crippen LogP contribution in [0.5, 0.6) is 0 Å². The summed E-state index contributed by atoms with van der Waals surface area (Å²) in [5.41, 5.74) is 1.15. The van der Waals surface area contributed by atoms with Crippen LogP contribution in [-0.2, 0) is 11.2 Å². The Labute approximate surface area is 129 Å². The Balaban J connectivity index is 2.37. The topological polar surface area (TPSA) is 41.1 Å². The first-order chi connectivity index (χ1) is 9.74. The first-order valence-corrected chi connectivity index (χ1v) is 7.84. The molecule has 0 heterocycles. The Morgan fingerprint density at radius 2 is 1.67 bits per heavy atom. The minimum atomic E-state index is -0.132. The summed E-state index contributed by atoms with van der Waals surface area (Å²) in [5, 5.41) is 6.41. The van der Waals surface area contributed by atoms with Gasteiger partial charge in [-0.25, -0.2) is 0 Å². The van der Waals surface area contributed by atoms with E-state index < -0.39 is 0 Å². The van der Waals surface area contributed by atoms with Gasteiger partial charge in [-0.05, 0) is 52.5 Å². The van der Waals surface area contributed by atoms with Crippen LogP contribution < -0.4 is 10.6 Å². The van der Waals surface area contributed by atoms with Gasteiger partial charge < -0.3 is 10.6 Å². The van der Waals surface area contributed by atoms with E-state index in [1.807, 2.05) is 19.9 Å². The molecule has 0 aromatic heterocycles. The van der Waals surface area contributed by atoms with E-state index in [2.05, 4.69) is 55.7 Å². The molecule has 2 N–H and O–H groups in total. The van der Waals surface area contributed by atoms with E-state index in [9.17, 15) is 4.79 Å². The predicted octanol–water partition coefficient (Wildman–Crippen LogP) is 3.29. The number of hydrogen-bond donors (Lipinski definition) is 2. The van der Waals surface area contributed by atoms with Crippen molar-refractivity contribution in [2.45, 2.75) is 65.0 Å². The summed E-state index contributed by atoms with van der Waals surface area (Å²) in [5.74, 6) is 0.0645. The second-order valence-electron chi connectivity index (χ2n) is 7.01. The Morgan fingerprint density at radius 1 is 1.05 bits per heavy atom. The fourth-order valence-corrected chi connectivity index (χ4v) is 2.02. The second kappa shape index (κ2) is 7.60. The lowest BCUT2D eigenvalue weighted by Gasteiger charge is -2.29. The third-order valence-electron chi connectivity index (χ3n) is 3.97. The maximum atomic E-state index is 12.0. The summed E-state index contributed by atoms with van der Waals surface area (Å²) in [7, 11) is 0. The highest BCUT2D eigenvalue weighted by atomic mass is 16.2. The van der Waals surface area contributed by atoms with Crippen LogP contribution in [0.4, 0.5) is 0 Å². The Kier molecular flexibility index (Phi) is 6.41. The Bertz CT molecular complexity index is 438. The number of benzene rings is 1. The van der Waals surface area contributed by atoms with Crippen LogP contribution in [0.15, 0.2) is 30.3 Å². The molecule has 1 aromatic rings. The summed E-state index contributed by atoms with van der Waals surface area (Å²) in [6.07, 6.45) is 2.94. The molecule has 0 fully saturated rings. The minimum absolute atomic E-state index is 0.0520. The fourth-order valence-electron chi connectivity index (χ4n) is 2.02. The summed E-state index contributed by atoms with van der Waals surface area (Å²) in [6.45, 7) is 10.8. The van der Waals surface area contributed by atoms with Crippen molar-refractivity contribution < 1.29 is 4.79 Å². The number of nitrogens with one attached hydrogen (secondary N) is 2. The number of rotatable bonds is 8. The largest absolute Gasteiger partial charge is 0.350 e. The highest BCUT2D eigenvalue weighted by Crippen LogP contribution is 2.13. The van der Waals surface area contributed by atoms with Gasteiger partial charge in [0.1, 0.15) is 0 Å². The van der Waals surface area contributed by atoms with E-state index in [0.29, 0.717) is 6.54 Å². The molecule has 1 rings (SSSR count). The molecule has 1 amide bonds. The third kappa shape index (κ3) is 7.28. The van der Waals surface area contributed by atoms with Crippen molar-refractivity contribution in [2.75, 3.05) is 6.54 Å². The van der Waals surface area contributed by atoms with E-state index in [4.69, 9.17) is 0 Å². The Hall–Kier alpha value is -1.35. The van der Waals surface area contributed by atoms with Gasteiger partial charge in [-0.15, -0.1) is 0 Å². The van der Waals surface area contributed by atoms with Gasteiger partial charge in [0.15, 0.2) is 0 Å². The second-order valence-corrected chi connectivity index (χ2v) is 7.01. The number of hydrogen-bond acceptors (Lipinski definition) is 2. The first kappa shape index (κ1) is 17.7. The monoisotopic (exact) mass is 290 g/mol. The lowest BCUT2D eigenvalue weighted by atomic mass is 9.95. The van der Waals surface area contributed by atoms with Gasteiger partial charge in [-0.2, -0.15) is 0 Å². The molecule has 21 heavy (non-hydrogen) atoms. The normalized spacial score (nSPS) is 12.2. The molecule has 0 unspecified atom stereocenters. The third-order valence-corrected chi connectivity index (χ3v) is 3.97. The lowest BCUT2D eigenvalue weighted by Crippen LogP contribution is -2.50. The standard InChI is InChI=1S/C18H30N2O/c1-6-17(2,3)20-16(21)14-19-18(4,5)13-12-15-10-8-7-9-11-15/h7-11,19H,6,12-14H2,1-5H3,(H,20,21). The van der Waals surface area contributed by atoms with Crippen LogP contribution in [-0.4, -0.2) is 23.5 Å². The molecule has 0 radical (unpaired) electrons. The summed E-state index contributed by atoms with van der Waals surface area (Å²) in [6, 6.07) is 10.5. The van der Waals surface area contributed by atoms with Crippen LogP contribution in [0.2, 0.25) is 0 Å². The van der Waals surface area contributed by atoms with Gasteiger partial charge in [0.25, 0.3) is 0 Å². The van der Waals surface area contributed by atoms with E-state index in [1.165, 1.54) is 5.56 Å². The van der Waals surface area contributed by atoms with Crippen LogP contribution in [0.25, 0.3) is 0 Å². The molecule has 0 atom stereocenters. The van der Waals surface area contributed by atoms with Crippen LogP contribution >= 0.6 is 0 Å². The van der Waals surface area contributed by atoms with E-state index in [-0.39, 0.29) is 17.0 Å². The van der Waals surface area contributed by atoms with E-state index >= 15 is 0 Å². The molecule has 0 aliphatic heterocycles. The summed E-state index contributed by atoms with van der Waals surface area (Å²) >= 11 is 0. The molecule has 1 aromatic carbocycles. The van der Waals surface area contributed by atoms with Crippen molar-refractivity contribution in [3.8, 4) is 0 Å². The average Bonchev–Trinajstić information content (AvgIpc) is 2.44. The smallest absolute Gasteiger partial charge is 0.234 e. The van der Waals surface area contributed by atoms with Gasteiger partial charge in [0.05, 0.1) is 6.54 Å². The van der Waals surface area contributed by atoms with Crippen molar-refractivity contribution in [1.29, 1.82) is 0 Å². The van der Waals surface area contributed by atoms with Crippen LogP contribution in [0, 0.1) is 0 Å². The molecule has 0 bridgehead atoms. The van der Waals surface area contributed by atoms with Crippen molar-refractivity contribution in [1.82, 2.24) is 10.6 Å². The van der Waals surface area contributed by atoms with E-state index in [1.54, 1.807) is 0 Å². The fraction of sp³-hybridized carbons (Fsp3) is 0.611. The maximum Gasteiger partial charge on any atom is 0.234 e. The van der Waals surface area contributed by atoms with Gasteiger partial charge in [-0.1, -0.05) is 37.3 Å². The minimum Gasteiger partial charge on any atom is -0.350 e. The molecule has 3 nitrogen and oxygen atoms in total. The zero-order valence-electron chi connectivity index (χ0n) is 14.1. The highest BCUT2D eigenvalue weighted by molar-refractivity contribution is 5.78. The maximum absolute atomic E-state index is 12.0. The van der Waals surface area contributed by atoms with Gasteiger partial charge in [-0.3, -0.25) is 4.79 Å². The molecule has 0 saturated carbocycles. The number of carbonyl (C=O) groups excluding carboxylic acids is 1. The zero-order chi connectivity index (χ0) is 15.9. The molecular weight excluding hydrogens is 260 g/mol. The van der Waals surface area contributed by atoms with Gasteiger partial charge >= 0.3 is 0 Å². The number of amides is 1. The zero-order valence-corrected chi connectivity index (χ0v) is 14.1. The molecule has 0 saturated heterocycles. The van der Waals surface area contributed by atoms with Crippen molar-refractivity contribution in [3.05, 3.63) is 35.9 Å². The first-order valence-electron chi connectivity index (χ1n) is 7.84. The van der Waals surface area contributed by atoms with Crippen molar-refractivity contribution in [2.24, 2.45) is 0 Å². The number of carbonyl (C=O) groups is 1. The number of aryl methyl sites for hydroxylation is 1. The highest BCUT2D eigenvalue weighted by Gasteiger charge is 2.21. The van der Waals surface area contributed by atoms with Crippen LogP contribution in [0.1, 0.15) is 53.0 Å². The summed E-state index contributed by atoms with van der Waals surface area (Å²) in [4.78, 5) is 12.0. The molecular formula is C18H30N2O. The average molecular weight is 290 g/mol. The van der Waals surface area contributed by atoms with Crippen molar-refractivity contribution in [3.63, 3.8) is 0 Å².